The first kappa shape index (κ1) is 29.0. The summed E-state index contributed by atoms with van der Waals surface area (Å²) in [5.74, 6) is 2.50. The van der Waals surface area contributed by atoms with E-state index in [1.807, 2.05) is 0 Å². The van der Waals surface area contributed by atoms with Crippen molar-refractivity contribution in [3.8, 4) is 0 Å². The Morgan fingerprint density at radius 2 is 1.48 bits per heavy atom. The van der Waals surface area contributed by atoms with Crippen LogP contribution in [0.15, 0.2) is 0 Å². The second kappa shape index (κ2) is 10.8. The molecule has 6 heteroatoms. The monoisotopic (exact) mass is 557 g/mol. The number of hydrogen-bond donors (Lipinski definition) is 0. The quantitative estimate of drug-likeness (QED) is 0.315. The summed E-state index contributed by atoms with van der Waals surface area (Å²) in [4.78, 5) is 27.4. The number of carbonyl (C=O) groups excluding carboxylic acids is 2. The smallest absolute Gasteiger partial charge is 0.303 e. The fourth-order valence-electron chi connectivity index (χ4n) is 11.7. The largest absolute Gasteiger partial charge is 0.461 e. The Labute approximate surface area is 243 Å². The van der Waals surface area contributed by atoms with Crippen LogP contribution in [0.4, 0.5) is 0 Å². The van der Waals surface area contributed by atoms with E-state index in [0.29, 0.717) is 35.3 Å². The Balaban J connectivity index is 1.29. The van der Waals surface area contributed by atoms with Gasteiger partial charge in [-0.25, -0.2) is 0 Å². The number of ether oxygens (including phenoxy) is 2. The molecule has 0 bridgehead atoms. The fourth-order valence-corrected chi connectivity index (χ4v) is 11.7. The molecule has 40 heavy (non-hydrogen) atoms. The summed E-state index contributed by atoms with van der Waals surface area (Å²) >= 11 is 0. The second-order valence-corrected chi connectivity index (χ2v) is 15.8. The fraction of sp³-hybridized carbons (Fsp3) is 0.941. The van der Waals surface area contributed by atoms with Crippen LogP contribution in [0.25, 0.3) is 0 Å². The van der Waals surface area contributed by atoms with Crippen molar-refractivity contribution in [1.29, 1.82) is 0 Å². The van der Waals surface area contributed by atoms with E-state index in [2.05, 4.69) is 25.8 Å². The highest BCUT2D eigenvalue weighted by Gasteiger charge is 2.67. The minimum absolute atomic E-state index is 0.0466. The van der Waals surface area contributed by atoms with Crippen LogP contribution >= 0.6 is 0 Å². The third-order valence-corrected chi connectivity index (χ3v) is 13.7. The normalized spacial score (nSPS) is 46.9. The Bertz CT molecular complexity index is 958. The van der Waals surface area contributed by atoms with Crippen molar-refractivity contribution >= 4 is 11.9 Å². The molecule has 0 amide bonds. The number of likely N-dealkylation sites (tertiary alicyclic amines) is 2. The minimum Gasteiger partial charge on any atom is -0.461 e. The zero-order chi connectivity index (χ0) is 28.3. The molecular formula is C34H57N2O4+. The van der Waals surface area contributed by atoms with Crippen LogP contribution in [-0.4, -0.2) is 78.8 Å². The lowest BCUT2D eigenvalue weighted by atomic mass is 9.44. The van der Waals surface area contributed by atoms with E-state index in [1.165, 1.54) is 90.1 Å². The lowest BCUT2D eigenvalue weighted by Crippen LogP contribution is -2.61. The highest BCUT2D eigenvalue weighted by atomic mass is 16.5. The molecule has 6 rings (SSSR count). The summed E-state index contributed by atoms with van der Waals surface area (Å²) in [6.45, 7) is 13.1. The molecule has 0 aromatic carbocycles. The van der Waals surface area contributed by atoms with Crippen LogP contribution in [0.1, 0.15) is 111 Å². The van der Waals surface area contributed by atoms with Gasteiger partial charge in [0, 0.05) is 31.7 Å². The molecule has 6 fully saturated rings. The number of rotatable bonds is 4. The van der Waals surface area contributed by atoms with Crippen molar-refractivity contribution in [2.24, 2.45) is 34.5 Å². The zero-order valence-corrected chi connectivity index (χ0v) is 26.2. The minimum atomic E-state index is -0.111. The van der Waals surface area contributed by atoms with Gasteiger partial charge in [0.05, 0.1) is 20.1 Å². The average molecular weight is 558 g/mol. The zero-order valence-electron chi connectivity index (χ0n) is 26.2. The van der Waals surface area contributed by atoms with Gasteiger partial charge >= 0.3 is 11.9 Å². The standard InChI is InChI=1S/C34H57N2O4/c1-23(37)39-31-20-25-12-13-26-27(34(25,4)22-29(31)35-16-8-6-9-17-35)14-15-33(3)28(26)21-30(32(33)40-24(2)38)36(5)18-10-7-11-19-36/h25-32H,6-22H2,1-5H3/q+1/t25-,26-,27-,28-,29+,30+,31-,32+,33+,34+/m1/s1. The van der Waals surface area contributed by atoms with Crippen molar-refractivity contribution in [3.63, 3.8) is 0 Å². The van der Waals surface area contributed by atoms with Crippen LogP contribution in [0.5, 0.6) is 0 Å². The molecule has 4 saturated carbocycles. The number of quaternary nitrogens is 1. The summed E-state index contributed by atoms with van der Waals surface area (Å²) in [6, 6.07) is 0.796. The lowest BCUT2D eigenvalue weighted by Gasteiger charge is -2.62. The number of fused-ring (bicyclic) bond motifs is 5. The van der Waals surface area contributed by atoms with E-state index >= 15 is 0 Å². The number of esters is 2. The van der Waals surface area contributed by atoms with Crippen molar-refractivity contribution < 1.29 is 23.5 Å². The number of likely N-dealkylation sites (N-methyl/N-ethyl adjacent to an activating group) is 1. The van der Waals surface area contributed by atoms with Crippen LogP contribution < -0.4 is 0 Å². The molecule has 10 atom stereocenters. The van der Waals surface area contributed by atoms with Gasteiger partial charge in [-0.3, -0.25) is 14.5 Å². The highest BCUT2D eigenvalue weighted by molar-refractivity contribution is 5.66. The summed E-state index contributed by atoms with van der Waals surface area (Å²) < 4.78 is 13.5. The molecule has 4 aliphatic carbocycles. The van der Waals surface area contributed by atoms with Gasteiger partial charge in [-0.1, -0.05) is 20.3 Å². The molecule has 6 aliphatic rings. The summed E-state index contributed by atoms with van der Waals surface area (Å²) in [7, 11) is 2.47. The van der Waals surface area contributed by atoms with Crippen LogP contribution in [0.2, 0.25) is 0 Å². The molecule has 2 aliphatic heterocycles. The predicted octanol–water partition coefficient (Wildman–Crippen LogP) is 5.97. The molecular weight excluding hydrogens is 500 g/mol. The van der Waals surface area contributed by atoms with Crippen molar-refractivity contribution in [2.45, 2.75) is 135 Å². The average Bonchev–Trinajstić information content (AvgIpc) is 3.21. The maximum absolute atomic E-state index is 12.5. The molecule has 6 nitrogen and oxygen atoms in total. The molecule has 0 unspecified atom stereocenters. The number of nitrogens with zero attached hydrogens (tertiary/aromatic N) is 2. The van der Waals surface area contributed by atoms with Gasteiger partial charge in [0.15, 0.2) is 6.10 Å². The topological polar surface area (TPSA) is 55.8 Å². The number of carbonyl (C=O) groups is 2. The Kier molecular flexibility index (Phi) is 7.85. The van der Waals surface area contributed by atoms with Crippen LogP contribution in [-0.2, 0) is 19.1 Å². The molecule has 0 spiro atoms. The maximum Gasteiger partial charge on any atom is 0.303 e. The van der Waals surface area contributed by atoms with Gasteiger partial charge in [0.2, 0.25) is 0 Å². The maximum atomic E-state index is 12.5. The molecule has 0 N–H and O–H groups in total. The Morgan fingerprint density at radius 3 is 2.15 bits per heavy atom. The van der Waals surface area contributed by atoms with E-state index in [0.717, 1.165) is 29.9 Å². The summed E-state index contributed by atoms with van der Waals surface area (Å²) in [6.07, 6.45) is 16.3. The summed E-state index contributed by atoms with van der Waals surface area (Å²) in [5.41, 5.74) is 0.377. The molecule has 0 radical (unpaired) electrons. The predicted molar refractivity (Wildman–Crippen MR) is 156 cm³/mol. The first-order valence-electron chi connectivity index (χ1n) is 17.0. The number of hydrogen-bond acceptors (Lipinski definition) is 5. The van der Waals surface area contributed by atoms with E-state index in [-0.39, 0.29) is 29.6 Å². The lowest BCUT2D eigenvalue weighted by molar-refractivity contribution is -0.940. The van der Waals surface area contributed by atoms with Crippen molar-refractivity contribution in [1.82, 2.24) is 4.90 Å². The first-order valence-corrected chi connectivity index (χ1v) is 17.0. The molecule has 0 aromatic rings. The van der Waals surface area contributed by atoms with Crippen LogP contribution in [0, 0.1) is 34.5 Å². The van der Waals surface area contributed by atoms with Gasteiger partial charge in [0.1, 0.15) is 12.1 Å². The van der Waals surface area contributed by atoms with E-state index in [4.69, 9.17) is 9.47 Å². The van der Waals surface area contributed by atoms with E-state index < -0.39 is 0 Å². The first-order chi connectivity index (χ1) is 19.0. The van der Waals surface area contributed by atoms with E-state index in [9.17, 15) is 9.59 Å². The second-order valence-electron chi connectivity index (χ2n) is 15.8. The van der Waals surface area contributed by atoms with Gasteiger partial charge in [-0.05, 0) is 113 Å². The van der Waals surface area contributed by atoms with Gasteiger partial charge < -0.3 is 14.0 Å². The number of piperidine rings is 2. The van der Waals surface area contributed by atoms with Gasteiger partial charge in [-0.2, -0.15) is 0 Å². The molecule has 2 heterocycles. The SMILES string of the molecule is CC(=O)O[C@@H]1C[C@H]2CC[C@@H]3[C@@H](CC[C@@]4(C)[C@@H]3C[C@H]([N+]3(C)CCCCC3)[C@@H]4OC(C)=O)[C@@]2(C)C[C@@H]1N1CCCCC1. The molecule has 0 aromatic heterocycles. The highest BCUT2D eigenvalue weighted by Crippen LogP contribution is 2.67. The van der Waals surface area contributed by atoms with Gasteiger partial charge in [-0.15, -0.1) is 0 Å². The Hall–Kier alpha value is -1.14. The summed E-state index contributed by atoms with van der Waals surface area (Å²) in [5, 5.41) is 0. The van der Waals surface area contributed by atoms with Crippen LogP contribution in [0.3, 0.4) is 0 Å². The van der Waals surface area contributed by atoms with Crippen molar-refractivity contribution in [2.75, 3.05) is 33.2 Å². The van der Waals surface area contributed by atoms with Gasteiger partial charge in [0.25, 0.3) is 0 Å². The van der Waals surface area contributed by atoms with Crippen molar-refractivity contribution in [3.05, 3.63) is 0 Å². The van der Waals surface area contributed by atoms with E-state index in [1.54, 1.807) is 13.8 Å². The molecule has 226 valence electrons. The molecule has 2 saturated heterocycles. The third-order valence-electron chi connectivity index (χ3n) is 13.7. The Morgan fingerprint density at radius 1 is 0.800 bits per heavy atom. The third kappa shape index (κ3) is 4.85.